The van der Waals surface area contributed by atoms with Crippen LogP contribution in [0.15, 0.2) is 59.6 Å². The van der Waals surface area contributed by atoms with Gasteiger partial charge in [-0.1, -0.05) is 47.6 Å². The average Bonchev–Trinajstić information content (AvgIpc) is 3.05. The number of hydrogen-bond donors (Lipinski definition) is 1. The van der Waals surface area contributed by atoms with E-state index >= 15 is 0 Å². The fourth-order valence-corrected chi connectivity index (χ4v) is 4.33. The summed E-state index contributed by atoms with van der Waals surface area (Å²) in [6, 6.07) is 15.9. The highest BCUT2D eigenvalue weighted by Crippen LogP contribution is 2.50. The smallest absolute Gasteiger partial charge is 0.237 e. The molecule has 2 aliphatic rings. The molecular weight excluding hydrogens is 330 g/mol. The monoisotopic (exact) mass is 343 g/mol. The van der Waals surface area contributed by atoms with Gasteiger partial charge in [0.25, 0.3) is 0 Å². The van der Waals surface area contributed by atoms with Crippen LogP contribution < -0.4 is 10.6 Å². The summed E-state index contributed by atoms with van der Waals surface area (Å²) in [5, 5.41) is 0.689. The summed E-state index contributed by atoms with van der Waals surface area (Å²) in [6.45, 7) is 0.177. The van der Waals surface area contributed by atoms with E-state index in [0.717, 1.165) is 16.9 Å². The van der Waals surface area contributed by atoms with Gasteiger partial charge in [0.05, 0.1) is 17.9 Å². The number of carbonyl (C=O) groups is 1. The van der Waals surface area contributed by atoms with Crippen molar-refractivity contribution in [1.82, 2.24) is 4.90 Å². The van der Waals surface area contributed by atoms with Gasteiger partial charge in [-0.05, 0) is 29.8 Å². The van der Waals surface area contributed by atoms with Crippen molar-refractivity contribution in [2.24, 2.45) is 5.73 Å². The molecule has 0 saturated carbocycles. The minimum absolute atomic E-state index is 0.0191. The van der Waals surface area contributed by atoms with Crippen molar-refractivity contribution in [3.05, 3.63) is 65.3 Å². The predicted molar refractivity (Wildman–Crippen MR) is 93.9 cm³/mol. The first kappa shape index (κ1) is 14.5. The Labute approximate surface area is 143 Å². The van der Waals surface area contributed by atoms with Gasteiger partial charge in [-0.25, -0.2) is 0 Å². The SMILES string of the molecule is NC(=O)CN1C(c2ccc(Cl)cc2)=CN2c3ccccc3SC12. The second-order valence-electron chi connectivity index (χ2n) is 5.43. The van der Waals surface area contributed by atoms with E-state index in [1.54, 1.807) is 11.8 Å². The summed E-state index contributed by atoms with van der Waals surface area (Å²) in [5.41, 5.74) is 8.64. The number of amides is 1. The van der Waals surface area contributed by atoms with Crippen LogP contribution in [-0.4, -0.2) is 22.8 Å². The first-order valence-electron chi connectivity index (χ1n) is 7.20. The van der Waals surface area contributed by atoms with Crippen LogP contribution in [-0.2, 0) is 4.79 Å². The van der Waals surface area contributed by atoms with Crippen LogP contribution in [0.3, 0.4) is 0 Å². The highest BCUT2D eigenvalue weighted by molar-refractivity contribution is 8.00. The van der Waals surface area contributed by atoms with Crippen molar-refractivity contribution in [3.63, 3.8) is 0 Å². The number of thioether (sulfide) groups is 1. The van der Waals surface area contributed by atoms with Crippen LogP contribution in [0.5, 0.6) is 0 Å². The standard InChI is InChI=1S/C17H14ClN3OS/c18-12-7-5-11(6-8-12)14-9-20-13-3-1-2-4-15(13)23-17(20)21(14)10-16(19)22/h1-9,17H,10H2,(H2,19,22). The molecule has 2 N–H and O–H groups in total. The molecular formula is C17H14ClN3OS. The summed E-state index contributed by atoms with van der Waals surface area (Å²) in [5.74, 6) is -0.344. The molecule has 4 nitrogen and oxygen atoms in total. The Balaban J connectivity index is 1.77. The number of fused-ring (bicyclic) bond motifs is 3. The maximum atomic E-state index is 11.6. The zero-order valence-corrected chi connectivity index (χ0v) is 13.7. The third-order valence-corrected chi connectivity index (χ3v) is 5.46. The fraction of sp³-hybridized carbons (Fsp3) is 0.118. The van der Waals surface area contributed by atoms with Crippen LogP contribution in [0, 0.1) is 0 Å². The third kappa shape index (κ3) is 2.46. The van der Waals surface area contributed by atoms with E-state index in [4.69, 9.17) is 17.3 Å². The molecule has 4 rings (SSSR count). The first-order chi connectivity index (χ1) is 11.1. The molecule has 23 heavy (non-hydrogen) atoms. The zero-order chi connectivity index (χ0) is 16.0. The number of nitrogens with zero attached hydrogens (tertiary/aromatic N) is 2. The lowest BCUT2D eigenvalue weighted by atomic mass is 10.1. The molecule has 0 radical (unpaired) electrons. The lowest BCUT2D eigenvalue weighted by molar-refractivity contribution is -0.118. The number of benzene rings is 2. The largest absolute Gasteiger partial charge is 0.368 e. The lowest BCUT2D eigenvalue weighted by Crippen LogP contribution is -2.39. The summed E-state index contributed by atoms with van der Waals surface area (Å²) >= 11 is 7.70. The summed E-state index contributed by atoms with van der Waals surface area (Å²) in [4.78, 5) is 17.0. The molecule has 0 fully saturated rings. The summed E-state index contributed by atoms with van der Waals surface area (Å²) < 4.78 is 0. The van der Waals surface area contributed by atoms with E-state index in [2.05, 4.69) is 23.2 Å². The molecule has 0 saturated heterocycles. The molecule has 116 valence electrons. The van der Waals surface area contributed by atoms with Gasteiger partial charge in [0, 0.05) is 16.1 Å². The maximum Gasteiger partial charge on any atom is 0.237 e. The Hall–Kier alpha value is -2.11. The molecule has 2 heterocycles. The summed E-state index contributed by atoms with van der Waals surface area (Å²) in [7, 11) is 0. The van der Waals surface area contributed by atoms with Gasteiger partial charge in [-0.2, -0.15) is 0 Å². The van der Waals surface area contributed by atoms with Crippen molar-refractivity contribution < 1.29 is 4.79 Å². The number of anilines is 1. The normalized spacial score (nSPS) is 18.7. The Morgan fingerprint density at radius 2 is 1.91 bits per heavy atom. The average molecular weight is 344 g/mol. The van der Waals surface area contributed by atoms with Gasteiger partial charge >= 0.3 is 0 Å². The van der Waals surface area contributed by atoms with Crippen molar-refractivity contribution >= 4 is 40.7 Å². The van der Waals surface area contributed by atoms with Gasteiger partial charge < -0.3 is 15.5 Å². The van der Waals surface area contributed by atoms with Crippen molar-refractivity contribution in [2.45, 2.75) is 10.4 Å². The molecule has 6 heteroatoms. The number of rotatable bonds is 3. The number of halogens is 1. The number of hydrogen-bond acceptors (Lipinski definition) is 4. The molecule has 1 unspecified atom stereocenters. The van der Waals surface area contributed by atoms with E-state index in [1.807, 2.05) is 41.3 Å². The Kier molecular flexibility index (Phi) is 3.47. The molecule has 0 aliphatic carbocycles. The fourth-order valence-electron chi connectivity index (χ4n) is 2.92. The predicted octanol–water partition coefficient (Wildman–Crippen LogP) is 3.34. The minimum atomic E-state index is -0.344. The van der Waals surface area contributed by atoms with Crippen LogP contribution in [0.25, 0.3) is 5.70 Å². The molecule has 0 spiro atoms. The molecule has 0 aromatic heterocycles. The quantitative estimate of drug-likeness (QED) is 0.928. The van der Waals surface area contributed by atoms with E-state index in [9.17, 15) is 4.79 Å². The number of primary amides is 1. The second-order valence-corrected chi connectivity index (χ2v) is 6.97. The number of nitrogens with two attached hydrogens (primary N) is 1. The van der Waals surface area contributed by atoms with Gasteiger partial charge in [0.1, 0.15) is 0 Å². The summed E-state index contributed by atoms with van der Waals surface area (Å²) in [6.07, 6.45) is 2.08. The lowest BCUT2D eigenvalue weighted by Gasteiger charge is -2.27. The van der Waals surface area contributed by atoms with Gasteiger partial charge in [0.2, 0.25) is 5.91 Å². The van der Waals surface area contributed by atoms with Crippen molar-refractivity contribution in [1.29, 1.82) is 0 Å². The Morgan fingerprint density at radius 3 is 2.65 bits per heavy atom. The van der Waals surface area contributed by atoms with E-state index in [-0.39, 0.29) is 17.9 Å². The molecule has 2 aromatic carbocycles. The molecule has 1 atom stereocenters. The highest BCUT2D eigenvalue weighted by Gasteiger charge is 2.40. The maximum absolute atomic E-state index is 11.6. The molecule has 1 amide bonds. The van der Waals surface area contributed by atoms with Crippen LogP contribution in [0.1, 0.15) is 5.56 Å². The Bertz CT molecular complexity index is 806. The second kappa shape index (κ2) is 5.51. The number of carbonyl (C=O) groups excluding carboxylic acids is 1. The first-order valence-corrected chi connectivity index (χ1v) is 8.46. The molecule has 2 aromatic rings. The van der Waals surface area contributed by atoms with Gasteiger partial charge in [0.15, 0.2) is 5.50 Å². The van der Waals surface area contributed by atoms with Crippen LogP contribution in [0.2, 0.25) is 5.02 Å². The van der Waals surface area contributed by atoms with E-state index < -0.39 is 0 Å². The van der Waals surface area contributed by atoms with E-state index in [0.29, 0.717) is 5.02 Å². The van der Waals surface area contributed by atoms with Crippen LogP contribution >= 0.6 is 23.4 Å². The number of para-hydroxylation sites is 1. The highest BCUT2D eigenvalue weighted by atomic mass is 35.5. The van der Waals surface area contributed by atoms with Gasteiger partial charge in [-0.3, -0.25) is 4.79 Å². The zero-order valence-electron chi connectivity index (χ0n) is 12.1. The van der Waals surface area contributed by atoms with Crippen LogP contribution in [0.4, 0.5) is 5.69 Å². The van der Waals surface area contributed by atoms with Gasteiger partial charge in [-0.15, -0.1) is 0 Å². The van der Waals surface area contributed by atoms with Crippen molar-refractivity contribution in [2.75, 3.05) is 11.4 Å². The third-order valence-electron chi connectivity index (χ3n) is 3.92. The molecule has 2 aliphatic heterocycles. The molecule has 0 bridgehead atoms. The van der Waals surface area contributed by atoms with Crippen molar-refractivity contribution in [3.8, 4) is 0 Å². The Morgan fingerprint density at radius 1 is 1.17 bits per heavy atom. The minimum Gasteiger partial charge on any atom is -0.368 e. The van der Waals surface area contributed by atoms with E-state index in [1.165, 1.54) is 4.90 Å². The topological polar surface area (TPSA) is 49.6 Å².